The molecule has 1 aromatic heterocycles. The van der Waals surface area contributed by atoms with Gasteiger partial charge in [-0.3, -0.25) is 9.59 Å². The Hall–Kier alpha value is -2.63. The summed E-state index contributed by atoms with van der Waals surface area (Å²) < 4.78 is 37.7. The van der Waals surface area contributed by atoms with Crippen molar-refractivity contribution in [2.75, 3.05) is 25.7 Å². The third kappa shape index (κ3) is 5.59. The molecule has 8 nitrogen and oxygen atoms in total. The largest absolute Gasteiger partial charge is 0.497 e. The monoisotopic (exact) mass is 494 g/mol. The minimum atomic E-state index is -3.89. The molecule has 1 amide bonds. The smallest absolute Gasteiger partial charge is 0.326 e. The van der Waals surface area contributed by atoms with Crippen molar-refractivity contribution in [3.63, 3.8) is 0 Å². The summed E-state index contributed by atoms with van der Waals surface area (Å²) in [5.74, 6) is -1.57. The minimum absolute atomic E-state index is 0.00204. The number of sulfone groups is 1. The minimum Gasteiger partial charge on any atom is -0.497 e. The Morgan fingerprint density at radius 3 is 2.50 bits per heavy atom. The van der Waals surface area contributed by atoms with Gasteiger partial charge in [-0.25, -0.2) is 8.42 Å². The maximum Gasteiger partial charge on any atom is 0.326 e. The summed E-state index contributed by atoms with van der Waals surface area (Å²) in [5.41, 5.74) is 0.713. The van der Waals surface area contributed by atoms with Crippen LogP contribution in [0, 0.1) is 0 Å². The van der Waals surface area contributed by atoms with E-state index in [1.165, 1.54) is 42.7 Å². The first-order chi connectivity index (χ1) is 15.3. The summed E-state index contributed by atoms with van der Waals surface area (Å²) in [7, 11) is -2.41. The summed E-state index contributed by atoms with van der Waals surface area (Å²) in [6.45, 7) is 1.80. The zero-order valence-corrected chi connectivity index (χ0v) is 20.2. The average molecular weight is 495 g/mol. The van der Waals surface area contributed by atoms with Gasteiger partial charge in [-0.2, -0.15) is 4.99 Å². The Morgan fingerprint density at radius 2 is 1.88 bits per heavy atom. The van der Waals surface area contributed by atoms with Gasteiger partial charge in [0.25, 0.3) is 5.91 Å². The van der Waals surface area contributed by atoms with Crippen LogP contribution in [0.5, 0.6) is 5.75 Å². The number of hydrogen-bond donors (Lipinski definition) is 0. The normalized spacial score (nSPS) is 12.2. The molecule has 0 aliphatic carbocycles. The van der Waals surface area contributed by atoms with Gasteiger partial charge >= 0.3 is 5.97 Å². The van der Waals surface area contributed by atoms with Gasteiger partial charge in [-0.1, -0.05) is 11.3 Å². The molecule has 32 heavy (non-hydrogen) atoms. The van der Waals surface area contributed by atoms with Crippen molar-refractivity contribution >= 4 is 55.0 Å². The van der Waals surface area contributed by atoms with Gasteiger partial charge in [0.1, 0.15) is 18.0 Å². The Morgan fingerprint density at radius 1 is 1.16 bits per heavy atom. The first kappa shape index (κ1) is 24.0. The van der Waals surface area contributed by atoms with Crippen LogP contribution in [0.3, 0.4) is 0 Å². The van der Waals surface area contributed by atoms with Crippen LogP contribution in [0.4, 0.5) is 0 Å². The van der Waals surface area contributed by atoms with Gasteiger partial charge in [0.05, 0.1) is 28.8 Å². The number of thiazole rings is 1. The fourth-order valence-corrected chi connectivity index (χ4v) is 5.63. The number of amides is 1. The van der Waals surface area contributed by atoms with E-state index in [2.05, 4.69) is 4.99 Å². The first-order valence-electron chi connectivity index (χ1n) is 9.54. The highest BCUT2D eigenvalue weighted by Crippen LogP contribution is 2.24. The van der Waals surface area contributed by atoms with E-state index in [1.807, 2.05) is 24.5 Å². The average Bonchev–Trinajstić information content (AvgIpc) is 3.09. The van der Waals surface area contributed by atoms with Crippen molar-refractivity contribution in [3.8, 4) is 5.75 Å². The maximum atomic E-state index is 12.6. The van der Waals surface area contributed by atoms with E-state index < -0.39 is 27.5 Å². The molecule has 0 saturated heterocycles. The summed E-state index contributed by atoms with van der Waals surface area (Å²) in [6.07, 6.45) is 1.94. The van der Waals surface area contributed by atoms with Gasteiger partial charge < -0.3 is 14.0 Å². The number of benzene rings is 2. The number of fused-ring (bicyclic) bond motifs is 1. The highest BCUT2D eigenvalue weighted by Gasteiger charge is 2.20. The van der Waals surface area contributed by atoms with Crippen LogP contribution >= 0.6 is 23.1 Å². The molecule has 2 aromatic carbocycles. The summed E-state index contributed by atoms with van der Waals surface area (Å²) in [4.78, 5) is 30.0. The molecule has 11 heteroatoms. The Labute approximate surface area is 193 Å². The number of rotatable bonds is 8. The van der Waals surface area contributed by atoms with Crippen LogP contribution in [-0.4, -0.2) is 50.6 Å². The van der Waals surface area contributed by atoms with Crippen molar-refractivity contribution in [2.24, 2.45) is 4.99 Å². The van der Waals surface area contributed by atoms with Crippen LogP contribution in [0.1, 0.15) is 6.92 Å². The molecule has 0 N–H and O–H groups in total. The predicted octanol–water partition coefficient (Wildman–Crippen LogP) is 2.90. The molecular formula is C21H22N2O6S3. The molecular weight excluding hydrogens is 472 g/mol. The standard InChI is InChI=1S/C21H22N2O6S3/c1-4-29-20(25)12-23-17-10-7-15(30-3)11-18(17)31-21(23)22-19(24)13-32(26,27)16-8-5-14(28-2)6-9-16/h5-11H,4,12-13H2,1-3H3. The van der Waals surface area contributed by atoms with Gasteiger partial charge in [-0.15, -0.1) is 11.8 Å². The van der Waals surface area contributed by atoms with E-state index in [9.17, 15) is 18.0 Å². The van der Waals surface area contributed by atoms with E-state index in [-0.39, 0.29) is 22.8 Å². The summed E-state index contributed by atoms with van der Waals surface area (Å²) >= 11 is 2.77. The highest BCUT2D eigenvalue weighted by molar-refractivity contribution is 7.98. The summed E-state index contributed by atoms with van der Waals surface area (Å²) in [6, 6.07) is 11.5. The lowest BCUT2D eigenvalue weighted by atomic mass is 10.3. The van der Waals surface area contributed by atoms with Crippen LogP contribution in [0.2, 0.25) is 0 Å². The second kappa shape index (κ2) is 10.3. The number of nitrogens with zero attached hydrogens (tertiary/aromatic N) is 2. The van der Waals surface area contributed by atoms with E-state index in [0.717, 1.165) is 9.60 Å². The quantitative estimate of drug-likeness (QED) is 0.350. The van der Waals surface area contributed by atoms with Crippen LogP contribution < -0.4 is 9.54 Å². The van der Waals surface area contributed by atoms with Crippen LogP contribution in [0.25, 0.3) is 10.2 Å². The van der Waals surface area contributed by atoms with E-state index in [4.69, 9.17) is 9.47 Å². The Bertz CT molecular complexity index is 1310. The number of hydrogen-bond acceptors (Lipinski definition) is 8. The number of aromatic nitrogens is 1. The lowest BCUT2D eigenvalue weighted by molar-refractivity contribution is -0.143. The van der Waals surface area contributed by atoms with Gasteiger partial charge in [0.15, 0.2) is 14.6 Å². The molecule has 1 heterocycles. The van der Waals surface area contributed by atoms with Crippen molar-refractivity contribution in [3.05, 3.63) is 47.3 Å². The molecule has 0 unspecified atom stereocenters. The molecule has 0 atom stereocenters. The van der Waals surface area contributed by atoms with E-state index >= 15 is 0 Å². The topological polar surface area (TPSA) is 104 Å². The number of esters is 1. The number of ether oxygens (including phenoxy) is 2. The van der Waals surface area contributed by atoms with E-state index in [1.54, 1.807) is 23.3 Å². The third-order valence-corrected chi connectivity index (χ3v) is 7.82. The lowest BCUT2D eigenvalue weighted by Gasteiger charge is -2.06. The Balaban J connectivity index is 1.97. The molecule has 3 rings (SSSR count). The predicted molar refractivity (Wildman–Crippen MR) is 124 cm³/mol. The SMILES string of the molecule is CCOC(=O)Cn1c(=NC(=O)CS(=O)(=O)c2ccc(OC)cc2)sc2cc(SC)ccc21. The zero-order chi connectivity index (χ0) is 23.3. The zero-order valence-electron chi connectivity index (χ0n) is 17.7. The van der Waals surface area contributed by atoms with Gasteiger partial charge in [0.2, 0.25) is 0 Å². The molecule has 0 spiro atoms. The maximum absolute atomic E-state index is 12.6. The first-order valence-corrected chi connectivity index (χ1v) is 13.2. The second-order valence-electron chi connectivity index (χ2n) is 6.55. The molecule has 0 fully saturated rings. The molecule has 0 radical (unpaired) electrons. The number of thioether (sulfide) groups is 1. The highest BCUT2D eigenvalue weighted by atomic mass is 32.2. The molecule has 170 valence electrons. The van der Waals surface area contributed by atoms with Crippen LogP contribution in [-0.2, 0) is 30.7 Å². The number of carbonyl (C=O) groups excluding carboxylic acids is 2. The number of carbonyl (C=O) groups is 2. The van der Waals surface area contributed by atoms with Crippen molar-refractivity contribution in [1.82, 2.24) is 4.57 Å². The van der Waals surface area contributed by atoms with Crippen molar-refractivity contribution < 1.29 is 27.5 Å². The Kier molecular flexibility index (Phi) is 7.75. The molecule has 0 saturated carbocycles. The molecule has 0 aliphatic heterocycles. The fraction of sp³-hybridized carbons (Fsp3) is 0.286. The summed E-state index contributed by atoms with van der Waals surface area (Å²) in [5, 5.41) is 0. The second-order valence-corrected chi connectivity index (χ2v) is 10.4. The number of methoxy groups -OCH3 is 1. The van der Waals surface area contributed by atoms with Crippen LogP contribution in [0.15, 0.2) is 57.2 Å². The van der Waals surface area contributed by atoms with Gasteiger partial charge in [0, 0.05) is 4.90 Å². The van der Waals surface area contributed by atoms with Crippen molar-refractivity contribution in [1.29, 1.82) is 0 Å². The third-order valence-electron chi connectivity index (χ3n) is 4.43. The van der Waals surface area contributed by atoms with E-state index in [0.29, 0.717) is 11.3 Å². The molecule has 3 aromatic rings. The van der Waals surface area contributed by atoms with Crippen molar-refractivity contribution in [2.45, 2.75) is 23.3 Å². The van der Waals surface area contributed by atoms with Gasteiger partial charge in [-0.05, 0) is 55.6 Å². The molecule has 0 bridgehead atoms. The lowest BCUT2D eigenvalue weighted by Crippen LogP contribution is -2.24. The fourth-order valence-electron chi connectivity index (χ4n) is 2.92. The molecule has 0 aliphatic rings.